The maximum Gasteiger partial charge on any atom is 0.277 e. The molecule has 2 aromatic carbocycles. The molecule has 1 fully saturated rings. The summed E-state index contributed by atoms with van der Waals surface area (Å²) in [4.78, 5) is 26.3. The van der Waals surface area contributed by atoms with Crippen LogP contribution in [-0.2, 0) is 9.59 Å². The zero-order chi connectivity index (χ0) is 21.1. The second-order valence-corrected chi connectivity index (χ2v) is 8.28. The van der Waals surface area contributed by atoms with Crippen LogP contribution < -0.4 is 10.2 Å². The number of carbonyl (C=O) groups is 2. The fraction of sp³-hybridized carbons (Fsp3) is 0.273. The van der Waals surface area contributed by atoms with Gasteiger partial charge in [-0.05, 0) is 38.1 Å². The van der Waals surface area contributed by atoms with Gasteiger partial charge < -0.3 is 14.6 Å². The Morgan fingerprint density at radius 1 is 1.10 bits per heavy atom. The first-order valence-electron chi connectivity index (χ1n) is 9.67. The molecule has 1 N–H and O–H groups in total. The summed E-state index contributed by atoms with van der Waals surface area (Å²) in [6.07, 6.45) is 0.327. The number of nitrogens with one attached hydrogen (secondary N) is 1. The number of aryl methyl sites for hydroxylation is 2. The smallest absolute Gasteiger partial charge is 0.277 e. The number of nitrogens with zero attached hydrogens (tertiary/aromatic N) is 3. The van der Waals surface area contributed by atoms with Crippen molar-refractivity contribution in [1.29, 1.82) is 0 Å². The van der Waals surface area contributed by atoms with Gasteiger partial charge >= 0.3 is 0 Å². The standard InChI is InChI=1S/C22H22N4O3S/c1-14-3-7-17(8-4-14)23-19(27)13-30-22-25-24-21(29-22)16-11-20(28)26(12-16)18-9-5-15(2)6-10-18/h3-10,16H,11-13H2,1-2H3,(H,23,27). The molecule has 1 aromatic heterocycles. The number of rotatable bonds is 6. The maximum atomic E-state index is 12.4. The molecule has 154 valence electrons. The van der Waals surface area contributed by atoms with Crippen LogP contribution in [0.4, 0.5) is 11.4 Å². The van der Waals surface area contributed by atoms with Gasteiger partial charge in [-0.3, -0.25) is 9.59 Å². The molecule has 0 spiro atoms. The highest BCUT2D eigenvalue weighted by atomic mass is 32.2. The first kappa shape index (κ1) is 20.2. The van der Waals surface area contributed by atoms with E-state index in [-0.39, 0.29) is 23.5 Å². The Bertz CT molecular complexity index is 1050. The van der Waals surface area contributed by atoms with Crippen LogP contribution in [0, 0.1) is 13.8 Å². The van der Waals surface area contributed by atoms with E-state index in [0.29, 0.717) is 24.1 Å². The van der Waals surface area contributed by atoms with Crippen molar-refractivity contribution >= 4 is 35.0 Å². The average Bonchev–Trinajstić information content (AvgIpc) is 3.35. The predicted octanol–water partition coefficient (Wildman–Crippen LogP) is 3.94. The Labute approximate surface area is 178 Å². The van der Waals surface area contributed by atoms with E-state index in [1.165, 1.54) is 11.8 Å². The molecular weight excluding hydrogens is 400 g/mol. The molecule has 2 heterocycles. The van der Waals surface area contributed by atoms with E-state index in [9.17, 15) is 9.59 Å². The predicted molar refractivity (Wildman–Crippen MR) is 116 cm³/mol. The third-order valence-corrected chi connectivity index (χ3v) is 5.72. The molecule has 3 aromatic rings. The van der Waals surface area contributed by atoms with Gasteiger partial charge in [0.05, 0.1) is 11.7 Å². The number of hydrogen-bond acceptors (Lipinski definition) is 6. The zero-order valence-corrected chi connectivity index (χ0v) is 17.6. The minimum absolute atomic E-state index is 0.0359. The summed E-state index contributed by atoms with van der Waals surface area (Å²) in [6.45, 7) is 4.51. The van der Waals surface area contributed by atoms with Gasteiger partial charge in [0.15, 0.2) is 0 Å². The Morgan fingerprint density at radius 2 is 1.77 bits per heavy atom. The lowest BCUT2D eigenvalue weighted by Gasteiger charge is -2.16. The second kappa shape index (κ2) is 8.71. The fourth-order valence-electron chi connectivity index (χ4n) is 3.25. The molecule has 30 heavy (non-hydrogen) atoms. The molecule has 0 radical (unpaired) electrons. The molecule has 1 aliphatic rings. The minimum Gasteiger partial charge on any atom is -0.416 e. The van der Waals surface area contributed by atoms with Crippen LogP contribution in [0.25, 0.3) is 0 Å². The van der Waals surface area contributed by atoms with E-state index in [1.807, 2.05) is 62.4 Å². The summed E-state index contributed by atoms with van der Waals surface area (Å²) in [7, 11) is 0. The van der Waals surface area contributed by atoms with Crippen LogP contribution in [0.1, 0.15) is 29.4 Å². The summed E-state index contributed by atoms with van der Waals surface area (Å²) < 4.78 is 5.72. The first-order valence-corrected chi connectivity index (χ1v) is 10.7. The number of benzene rings is 2. The fourth-order valence-corrected chi connectivity index (χ4v) is 3.82. The summed E-state index contributed by atoms with van der Waals surface area (Å²) in [5, 5.41) is 11.3. The zero-order valence-electron chi connectivity index (χ0n) is 16.8. The van der Waals surface area contributed by atoms with Crippen LogP contribution in [-0.4, -0.2) is 34.3 Å². The quantitative estimate of drug-likeness (QED) is 0.606. The molecule has 0 saturated carbocycles. The van der Waals surface area contributed by atoms with Gasteiger partial charge in [-0.25, -0.2) is 0 Å². The Balaban J connectivity index is 1.32. The lowest BCUT2D eigenvalue weighted by atomic mass is 10.1. The molecule has 4 rings (SSSR count). The summed E-state index contributed by atoms with van der Waals surface area (Å²) in [5.41, 5.74) is 3.90. The Kier molecular flexibility index (Phi) is 5.85. The van der Waals surface area contributed by atoms with Crippen LogP contribution >= 0.6 is 11.8 Å². The largest absolute Gasteiger partial charge is 0.416 e. The molecule has 8 heteroatoms. The van der Waals surface area contributed by atoms with Crippen LogP contribution in [0.3, 0.4) is 0 Å². The third kappa shape index (κ3) is 4.71. The number of anilines is 2. The van der Waals surface area contributed by atoms with Crippen molar-refractivity contribution in [2.24, 2.45) is 0 Å². The van der Waals surface area contributed by atoms with Gasteiger partial charge in [-0.2, -0.15) is 0 Å². The molecule has 1 unspecified atom stereocenters. The number of thioether (sulfide) groups is 1. The van der Waals surface area contributed by atoms with Crippen molar-refractivity contribution < 1.29 is 14.0 Å². The molecule has 0 aliphatic carbocycles. The van der Waals surface area contributed by atoms with Gasteiger partial charge in [-0.1, -0.05) is 47.2 Å². The highest BCUT2D eigenvalue weighted by Crippen LogP contribution is 2.32. The second-order valence-electron chi connectivity index (χ2n) is 7.35. The molecular formula is C22H22N4O3S. The molecule has 0 bridgehead atoms. The molecule has 1 saturated heterocycles. The number of carbonyl (C=O) groups excluding carboxylic acids is 2. The van der Waals surface area contributed by atoms with Crippen molar-refractivity contribution in [2.75, 3.05) is 22.5 Å². The van der Waals surface area contributed by atoms with Crippen molar-refractivity contribution in [2.45, 2.75) is 31.4 Å². The minimum atomic E-state index is -0.151. The maximum absolute atomic E-state index is 12.4. The highest BCUT2D eigenvalue weighted by molar-refractivity contribution is 7.99. The van der Waals surface area contributed by atoms with Gasteiger partial charge in [-0.15, -0.1) is 10.2 Å². The normalized spacial score (nSPS) is 16.1. The highest BCUT2D eigenvalue weighted by Gasteiger charge is 2.35. The van der Waals surface area contributed by atoms with E-state index < -0.39 is 0 Å². The number of aromatic nitrogens is 2. The molecule has 7 nitrogen and oxygen atoms in total. The molecule has 1 atom stereocenters. The van der Waals surface area contributed by atoms with Crippen LogP contribution in [0.5, 0.6) is 0 Å². The Morgan fingerprint density at radius 3 is 2.47 bits per heavy atom. The lowest BCUT2D eigenvalue weighted by Crippen LogP contribution is -2.24. The monoisotopic (exact) mass is 422 g/mol. The van der Waals surface area contributed by atoms with Crippen molar-refractivity contribution in [3.05, 3.63) is 65.5 Å². The first-order chi connectivity index (χ1) is 14.5. The van der Waals surface area contributed by atoms with E-state index in [1.54, 1.807) is 4.90 Å². The summed E-state index contributed by atoms with van der Waals surface area (Å²) in [6, 6.07) is 15.5. The van der Waals surface area contributed by atoms with E-state index >= 15 is 0 Å². The third-order valence-electron chi connectivity index (χ3n) is 4.90. The topological polar surface area (TPSA) is 88.3 Å². The SMILES string of the molecule is Cc1ccc(NC(=O)CSc2nnc(C3CC(=O)N(c4ccc(C)cc4)C3)o2)cc1. The van der Waals surface area contributed by atoms with E-state index in [2.05, 4.69) is 15.5 Å². The summed E-state index contributed by atoms with van der Waals surface area (Å²) >= 11 is 1.18. The van der Waals surface area contributed by atoms with Crippen molar-refractivity contribution in [3.8, 4) is 0 Å². The van der Waals surface area contributed by atoms with E-state index in [4.69, 9.17) is 4.42 Å². The average molecular weight is 423 g/mol. The van der Waals surface area contributed by atoms with Gasteiger partial charge in [0.1, 0.15) is 0 Å². The number of hydrogen-bond donors (Lipinski definition) is 1. The van der Waals surface area contributed by atoms with Gasteiger partial charge in [0, 0.05) is 24.3 Å². The molecule has 2 amide bonds. The van der Waals surface area contributed by atoms with Crippen LogP contribution in [0.2, 0.25) is 0 Å². The van der Waals surface area contributed by atoms with Crippen LogP contribution in [0.15, 0.2) is 58.2 Å². The van der Waals surface area contributed by atoms with Gasteiger partial charge in [0.25, 0.3) is 5.22 Å². The van der Waals surface area contributed by atoms with Crippen molar-refractivity contribution in [3.63, 3.8) is 0 Å². The Hall–Kier alpha value is -3.13. The number of amides is 2. The van der Waals surface area contributed by atoms with Crippen molar-refractivity contribution in [1.82, 2.24) is 10.2 Å². The van der Waals surface area contributed by atoms with Gasteiger partial charge in [0.2, 0.25) is 17.7 Å². The lowest BCUT2D eigenvalue weighted by molar-refractivity contribution is -0.117. The molecule has 1 aliphatic heterocycles. The van der Waals surface area contributed by atoms with E-state index in [0.717, 1.165) is 22.5 Å². The summed E-state index contributed by atoms with van der Waals surface area (Å²) in [5.74, 6) is 0.328.